The highest BCUT2D eigenvalue weighted by Gasteiger charge is 2.37. The molecule has 1 aliphatic heterocycles. The number of allylic oxidation sites excluding steroid dienone is 1. The lowest BCUT2D eigenvalue weighted by atomic mass is 9.83. The van der Waals surface area contributed by atoms with Gasteiger partial charge >= 0.3 is 18.2 Å². The number of imidazole rings is 1. The van der Waals surface area contributed by atoms with E-state index in [9.17, 15) is 39.0 Å². The van der Waals surface area contributed by atoms with Gasteiger partial charge in [-0.05, 0) is 91.1 Å². The Hall–Kier alpha value is -7.22. The van der Waals surface area contributed by atoms with E-state index in [0.717, 1.165) is 16.5 Å². The highest BCUT2D eigenvalue weighted by atomic mass is 35.5. The van der Waals surface area contributed by atoms with Gasteiger partial charge in [0.1, 0.15) is 35.5 Å². The van der Waals surface area contributed by atoms with Crippen molar-refractivity contribution < 1.29 is 58.3 Å². The molecule has 370 valence electrons. The maximum absolute atomic E-state index is 14.5. The number of hydrogen-bond acceptors (Lipinski definition) is 12. The molecule has 5 aromatic rings. The van der Waals surface area contributed by atoms with Crippen LogP contribution >= 0.6 is 11.6 Å². The molecule has 19 nitrogen and oxygen atoms in total. The Labute approximate surface area is 408 Å². The molecule has 7 rings (SSSR count). The van der Waals surface area contributed by atoms with Gasteiger partial charge in [0.15, 0.2) is 0 Å². The zero-order valence-corrected chi connectivity index (χ0v) is 39.8. The second kappa shape index (κ2) is 22.9. The number of carbonyl (C=O) groups is 6. The number of ether oxygens (including phenoxy) is 3. The van der Waals surface area contributed by atoms with E-state index in [1.807, 2.05) is 38.1 Å². The predicted molar refractivity (Wildman–Crippen MR) is 260 cm³/mol. The summed E-state index contributed by atoms with van der Waals surface area (Å²) in [5.41, 5.74) is 3.51. The third-order valence-corrected chi connectivity index (χ3v) is 12.8. The number of aliphatic carboxylic acids is 1. The molecule has 0 radical (unpaired) electrons. The van der Waals surface area contributed by atoms with Gasteiger partial charge in [0.2, 0.25) is 5.91 Å². The Morgan fingerprint density at radius 1 is 0.971 bits per heavy atom. The maximum atomic E-state index is 14.5. The van der Waals surface area contributed by atoms with Crippen LogP contribution < -0.4 is 20.3 Å². The van der Waals surface area contributed by atoms with Crippen LogP contribution in [0.4, 0.5) is 21.0 Å². The number of hydrogen-bond donors (Lipinski definition) is 5. The van der Waals surface area contributed by atoms with E-state index in [4.69, 9.17) is 30.9 Å². The number of halogens is 1. The number of alkyl halides is 1. The van der Waals surface area contributed by atoms with Crippen molar-refractivity contribution in [1.82, 2.24) is 24.5 Å². The maximum Gasteiger partial charge on any atom is 0.415 e. The Kier molecular flexibility index (Phi) is 16.6. The highest BCUT2D eigenvalue weighted by Crippen LogP contribution is 2.47. The van der Waals surface area contributed by atoms with Crippen LogP contribution in [0.15, 0.2) is 85.2 Å². The van der Waals surface area contributed by atoms with Gasteiger partial charge < -0.3 is 59.3 Å². The molecule has 0 bridgehead atoms. The number of phenols is 1. The third-order valence-electron chi connectivity index (χ3n) is 12.5. The first-order chi connectivity index (χ1) is 33.6. The number of aromatic nitrogens is 2. The van der Waals surface area contributed by atoms with Crippen molar-refractivity contribution in [3.8, 4) is 11.5 Å². The SMILES string of the molecule is Cc1cccc2c(OC(=O)N(CCOCCO)CCN(C)C(=O)O[C@H]3/C=C/CC[C@@H](C)C(C(=O)NCC(=O)O)C3)cc3c(c12)[C@H](CCl)CN3C(=O)c1cn2cc(NC(=O)c3ccc(O)cc3)ccc2n1. The van der Waals surface area contributed by atoms with Crippen molar-refractivity contribution in [2.24, 2.45) is 11.8 Å². The normalized spacial score (nSPS) is 18.0. The average Bonchev–Trinajstić information content (AvgIpc) is 3.94. The summed E-state index contributed by atoms with van der Waals surface area (Å²) in [7, 11) is 1.51. The topological polar surface area (TPSA) is 242 Å². The van der Waals surface area contributed by atoms with E-state index < -0.39 is 54.4 Å². The van der Waals surface area contributed by atoms with Gasteiger partial charge in [-0.15, -0.1) is 11.6 Å². The van der Waals surface area contributed by atoms with E-state index in [-0.39, 0.29) is 87.3 Å². The lowest BCUT2D eigenvalue weighted by molar-refractivity contribution is -0.139. The van der Waals surface area contributed by atoms with Crippen molar-refractivity contribution in [2.75, 3.05) is 75.7 Å². The number of carboxylic acids is 1. The van der Waals surface area contributed by atoms with Crippen LogP contribution in [0.3, 0.4) is 0 Å². The molecule has 70 heavy (non-hydrogen) atoms. The lowest BCUT2D eigenvalue weighted by Gasteiger charge is -2.29. The number of aliphatic hydroxyl groups is 1. The Bertz CT molecular complexity index is 2780. The van der Waals surface area contributed by atoms with Crippen molar-refractivity contribution in [1.29, 1.82) is 0 Å². The molecule has 0 saturated carbocycles. The Morgan fingerprint density at radius 2 is 1.76 bits per heavy atom. The minimum Gasteiger partial charge on any atom is -0.508 e. The summed E-state index contributed by atoms with van der Waals surface area (Å²) < 4.78 is 19.2. The third kappa shape index (κ3) is 12.0. The number of carboxylic acid groups (broad SMARTS) is 1. The number of phenolic OH excluding ortho intramolecular Hbond substituents is 1. The van der Waals surface area contributed by atoms with Gasteiger partial charge in [0, 0.05) is 80.4 Å². The van der Waals surface area contributed by atoms with Gasteiger partial charge in [-0.1, -0.05) is 31.2 Å². The van der Waals surface area contributed by atoms with E-state index in [1.54, 1.807) is 46.0 Å². The van der Waals surface area contributed by atoms with Crippen LogP contribution in [0.25, 0.3) is 16.4 Å². The fourth-order valence-corrected chi connectivity index (χ4v) is 8.95. The molecule has 5 amide bonds. The first-order valence-electron chi connectivity index (χ1n) is 22.9. The Morgan fingerprint density at radius 3 is 2.50 bits per heavy atom. The van der Waals surface area contributed by atoms with Crippen LogP contribution in [0.1, 0.15) is 64.1 Å². The zero-order valence-electron chi connectivity index (χ0n) is 39.0. The van der Waals surface area contributed by atoms with Gasteiger partial charge in [0.25, 0.3) is 11.8 Å². The van der Waals surface area contributed by atoms with Crippen LogP contribution in [0, 0.1) is 18.8 Å². The summed E-state index contributed by atoms with van der Waals surface area (Å²) in [6.45, 7) is 3.35. The summed E-state index contributed by atoms with van der Waals surface area (Å²) in [5.74, 6) is -3.02. The highest BCUT2D eigenvalue weighted by molar-refractivity contribution is 6.19. The minimum atomic E-state index is -1.17. The number of benzene rings is 3. The minimum absolute atomic E-state index is 0.00167. The number of fused-ring (bicyclic) bond motifs is 4. The molecule has 2 aliphatic rings. The van der Waals surface area contributed by atoms with Crippen LogP contribution in [0.2, 0.25) is 0 Å². The first-order valence-corrected chi connectivity index (χ1v) is 23.5. The second-order valence-corrected chi connectivity index (χ2v) is 17.7. The molecule has 20 heteroatoms. The quantitative estimate of drug-likeness (QED) is 0.0398. The van der Waals surface area contributed by atoms with Crippen molar-refractivity contribution in [2.45, 2.75) is 45.1 Å². The fourth-order valence-electron chi connectivity index (χ4n) is 8.70. The van der Waals surface area contributed by atoms with Gasteiger partial charge in [0.05, 0.1) is 31.2 Å². The molecular formula is C50H56ClN7O12. The lowest BCUT2D eigenvalue weighted by Crippen LogP contribution is -2.43. The number of anilines is 2. The number of likely N-dealkylation sites (N-methyl/N-ethyl adjacent to an activating group) is 1. The molecule has 3 aromatic carbocycles. The number of nitrogens with one attached hydrogen (secondary N) is 2. The van der Waals surface area contributed by atoms with Crippen LogP contribution in [-0.4, -0.2) is 142 Å². The van der Waals surface area contributed by atoms with E-state index in [0.29, 0.717) is 40.8 Å². The number of carbonyl (C=O) groups excluding carboxylic acids is 5. The molecular weight excluding hydrogens is 926 g/mol. The first kappa shape index (κ1) is 50.7. The summed E-state index contributed by atoms with van der Waals surface area (Å²) in [5, 5.41) is 34.7. The number of aromatic hydroxyl groups is 1. The molecule has 0 saturated heterocycles. The fraction of sp³-hybridized carbons (Fsp3) is 0.380. The van der Waals surface area contributed by atoms with Crippen molar-refractivity contribution in [3.05, 3.63) is 108 Å². The summed E-state index contributed by atoms with van der Waals surface area (Å²) in [6, 6.07) is 16.4. The number of aryl methyl sites for hydroxylation is 1. The van der Waals surface area contributed by atoms with E-state index >= 15 is 0 Å². The number of aliphatic hydroxyl groups excluding tert-OH is 1. The van der Waals surface area contributed by atoms with Crippen LogP contribution in [0.5, 0.6) is 11.5 Å². The number of nitrogens with zero attached hydrogens (tertiary/aromatic N) is 5. The largest absolute Gasteiger partial charge is 0.508 e. The average molecular weight is 982 g/mol. The number of amides is 5. The van der Waals surface area contributed by atoms with Crippen LogP contribution in [-0.2, 0) is 19.1 Å². The van der Waals surface area contributed by atoms with Gasteiger partial charge in [-0.25, -0.2) is 14.6 Å². The monoisotopic (exact) mass is 981 g/mol. The van der Waals surface area contributed by atoms with Crippen molar-refractivity contribution >= 4 is 75.3 Å². The smallest absolute Gasteiger partial charge is 0.415 e. The number of pyridine rings is 1. The number of rotatable bonds is 17. The summed E-state index contributed by atoms with van der Waals surface area (Å²) in [6.07, 6.45) is 6.04. The molecule has 3 heterocycles. The predicted octanol–water partition coefficient (Wildman–Crippen LogP) is 6.18. The molecule has 1 aliphatic carbocycles. The summed E-state index contributed by atoms with van der Waals surface area (Å²) in [4.78, 5) is 88.0. The molecule has 0 fully saturated rings. The van der Waals surface area contributed by atoms with E-state index in [1.165, 1.54) is 41.1 Å². The molecule has 2 aromatic heterocycles. The zero-order chi connectivity index (χ0) is 50.1. The van der Waals surface area contributed by atoms with Gasteiger partial charge in [-0.2, -0.15) is 0 Å². The molecule has 0 spiro atoms. The summed E-state index contributed by atoms with van der Waals surface area (Å²) >= 11 is 6.61. The standard InChI is InChI=1S/C50H56ClN7O12/c1-30-7-4-5-9-36(23-38(30)47(64)52-26-43(61)62)69-49(66)55(3)17-18-56(19-21-68-22-20-59)50(67)70-41-24-40-45(44-31(2)8-6-10-37(41)44)33(25-51)27-58(40)48(65)39-29-57-28-34(13-16-42(57)54-39)53-46(63)32-11-14-35(60)15-12-32/h5-6,8-16,24,28-30,33,36,38,59-60H,4,7,17-23,25-27H2,1-3H3,(H,52,64)(H,53,63)(H,61,62)/b9-5+/t30-,33-,36+,38?/m1/s1. The van der Waals surface area contributed by atoms with Gasteiger partial charge in [-0.3, -0.25) is 19.2 Å². The van der Waals surface area contributed by atoms with E-state index in [2.05, 4.69) is 15.6 Å². The second-order valence-electron chi connectivity index (χ2n) is 17.4. The molecule has 4 atom stereocenters. The van der Waals surface area contributed by atoms with Crippen molar-refractivity contribution in [3.63, 3.8) is 0 Å². The Balaban J connectivity index is 1.10. The molecule has 1 unspecified atom stereocenters. The molecule has 5 N–H and O–H groups in total.